The maximum Gasteiger partial charge on any atom is 2.00 e. The van der Waals surface area contributed by atoms with E-state index in [1.807, 2.05) is 24.3 Å². The van der Waals surface area contributed by atoms with Crippen LogP contribution in [-0.4, -0.2) is 23.9 Å². The van der Waals surface area contributed by atoms with Gasteiger partial charge >= 0.3 is 23.9 Å². The second kappa shape index (κ2) is 10.0. The third kappa shape index (κ3) is 5.92. The van der Waals surface area contributed by atoms with Gasteiger partial charge in [0.2, 0.25) is 0 Å². The number of hydrogen-bond donors (Lipinski definition) is 0. The number of halogens is 2. The minimum atomic E-state index is 0. The van der Waals surface area contributed by atoms with Crippen molar-refractivity contribution in [3.05, 3.63) is 30.0 Å². The van der Waals surface area contributed by atoms with Crippen molar-refractivity contribution in [3.8, 4) is 0 Å². The second-order valence-electron chi connectivity index (χ2n) is 0.885. The van der Waals surface area contributed by atoms with Gasteiger partial charge in [-0.3, -0.25) is 0 Å². The zero-order valence-corrected chi connectivity index (χ0v) is 6.92. The maximum atomic E-state index is 2.86. The van der Waals surface area contributed by atoms with Crippen molar-refractivity contribution in [2.75, 3.05) is 0 Å². The zero-order chi connectivity index (χ0) is 3.54. The van der Waals surface area contributed by atoms with Gasteiger partial charge in [-0.05, 0) is 12.2 Å². The first-order chi connectivity index (χ1) is 2.50. The van der Waals surface area contributed by atoms with Crippen LogP contribution in [0.5, 0.6) is 0 Å². The van der Waals surface area contributed by atoms with Crippen LogP contribution in [0.2, 0.25) is 0 Å². The maximum absolute atomic E-state index is 2.86. The smallest absolute Gasteiger partial charge is 1.00 e. The topological polar surface area (TPSA) is 0 Å². The van der Waals surface area contributed by atoms with Gasteiger partial charge in [0.15, 0.2) is 0 Å². The van der Waals surface area contributed by atoms with Crippen molar-refractivity contribution < 1.29 is 9.41 Å². The van der Waals surface area contributed by atoms with E-state index < -0.39 is 0 Å². The molecule has 0 N–H and O–H groups in total. The molecule has 1 rings (SSSR count). The van der Waals surface area contributed by atoms with Crippen LogP contribution >= 0.6 is 0 Å². The fraction of sp³-hybridized carbons (Fsp3) is 0. The molecule has 0 atom stereocenters. The first kappa shape index (κ1) is 15.7. The van der Waals surface area contributed by atoms with Crippen LogP contribution < -0.4 is 9.41 Å². The Morgan fingerprint density at radius 2 is 1.25 bits per heavy atom. The van der Waals surface area contributed by atoms with E-state index in [0.717, 1.165) is 0 Å². The van der Waals surface area contributed by atoms with Crippen molar-refractivity contribution in [1.82, 2.24) is 0 Å². The Kier molecular flexibility index (Phi) is 19.6. The van der Waals surface area contributed by atoms with E-state index in [2.05, 4.69) is 5.73 Å². The van der Waals surface area contributed by atoms with Crippen LogP contribution in [0.1, 0.15) is 0 Å². The molecular weight excluding hydrogens is 217 g/mol. The number of allylic oxidation sites excluding steroid dienone is 3. The molecule has 1 aliphatic carbocycles. The van der Waals surface area contributed by atoms with E-state index in [1.54, 1.807) is 0 Å². The molecule has 2 radical (unpaired) electrons. The molecule has 1 aliphatic rings. The van der Waals surface area contributed by atoms with Gasteiger partial charge in [-0.15, -0.1) is 5.73 Å². The quantitative estimate of drug-likeness (QED) is 0.283. The number of hydrogen-bond acceptors (Lipinski definition) is 0. The normalized spacial score (nSPS) is 9.00. The molecule has 0 unspecified atom stereocenters. The molecule has 0 fully saturated rings. The van der Waals surface area contributed by atoms with Gasteiger partial charge in [0.25, 0.3) is 0 Å². The molecule has 0 heterocycles. The summed E-state index contributed by atoms with van der Waals surface area (Å²) in [6.45, 7) is 0. The van der Waals surface area contributed by atoms with Crippen LogP contribution in [0.25, 0.3) is 0 Å². The fourth-order valence-corrected chi connectivity index (χ4v) is 0.278. The SMILES string of the molecule is C1=CC=CC=1.[F-].[F-].[Sn+2]. The summed E-state index contributed by atoms with van der Waals surface area (Å²) in [4.78, 5) is 0. The van der Waals surface area contributed by atoms with E-state index in [-0.39, 0.29) is 33.3 Å². The fourth-order valence-electron chi connectivity index (χ4n) is 0.278. The molecule has 8 heavy (non-hydrogen) atoms. The Labute approximate surface area is 63.7 Å². The molecule has 0 saturated carbocycles. The minimum absolute atomic E-state index is 0. The van der Waals surface area contributed by atoms with E-state index in [9.17, 15) is 0 Å². The van der Waals surface area contributed by atoms with E-state index in [0.29, 0.717) is 0 Å². The van der Waals surface area contributed by atoms with Gasteiger partial charge in [0, 0.05) is 0 Å². The first-order valence-corrected chi connectivity index (χ1v) is 1.58. The van der Waals surface area contributed by atoms with Crippen LogP contribution in [0, 0.1) is 0 Å². The molecule has 0 aromatic carbocycles. The number of rotatable bonds is 0. The summed E-state index contributed by atoms with van der Waals surface area (Å²) < 4.78 is 0. The summed E-state index contributed by atoms with van der Waals surface area (Å²) in [5.74, 6) is 0. The Morgan fingerprint density at radius 1 is 0.875 bits per heavy atom. The van der Waals surface area contributed by atoms with Crippen molar-refractivity contribution in [1.29, 1.82) is 0 Å². The summed E-state index contributed by atoms with van der Waals surface area (Å²) in [6.07, 6.45) is 7.64. The summed E-state index contributed by atoms with van der Waals surface area (Å²) in [5, 5.41) is 0. The van der Waals surface area contributed by atoms with Crippen LogP contribution in [-0.2, 0) is 0 Å². The van der Waals surface area contributed by atoms with Crippen LogP contribution in [0.3, 0.4) is 0 Å². The van der Waals surface area contributed by atoms with Crippen LogP contribution in [0.15, 0.2) is 30.0 Å². The largest absolute Gasteiger partial charge is 2.00 e. The molecule has 0 aromatic rings. The van der Waals surface area contributed by atoms with Crippen molar-refractivity contribution in [2.45, 2.75) is 0 Å². The third-order valence-corrected chi connectivity index (χ3v) is 0.496. The van der Waals surface area contributed by atoms with Gasteiger partial charge in [0.1, 0.15) is 0 Å². The van der Waals surface area contributed by atoms with Gasteiger partial charge in [0.05, 0.1) is 0 Å². The third-order valence-electron chi connectivity index (χ3n) is 0.496. The zero-order valence-electron chi connectivity index (χ0n) is 4.07. The van der Waals surface area contributed by atoms with Crippen molar-refractivity contribution in [2.24, 2.45) is 0 Å². The van der Waals surface area contributed by atoms with E-state index in [4.69, 9.17) is 0 Å². The predicted molar refractivity (Wildman–Crippen MR) is 27.5 cm³/mol. The molecule has 0 aromatic heterocycles. The van der Waals surface area contributed by atoms with Gasteiger partial charge in [-0.25, -0.2) is 0 Å². The summed E-state index contributed by atoms with van der Waals surface area (Å²) in [7, 11) is 0. The minimum Gasteiger partial charge on any atom is -1.00 e. The molecule has 42 valence electrons. The average Bonchev–Trinajstić information content (AvgIpc) is 1.76. The van der Waals surface area contributed by atoms with Crippen molar-refractivity contribution in [3.63, 3.8) is 0 Å². The predicted octanol–water partition coefficient (Wildman–Crippen LogP) is -5.11. The summed E-state index contributed by atoms with van der Waals surface area (Å²) in [5.41, 5.74) is 2.86. The van der Waals surface area contributed by atoms with E-state index >= 15 is 0 Å². The van der Waals surface area contributed by atoms with E-state index in [1.165, 1.54) is 0 Å². The molecule has 3 heteroatoms. The molecule has 0 aliphatic heterocycles. The van der Waals surface area contributed by atoms with Crippen LogP contribution in [0.4, 0.5) is 0 Å². The molecule has 0 bridgehead atoms. The molecule has 0 saturated heterocycles. The summed E-state index contributed by atoms with van der Waals surface area (Å²) in [6, 6.07) is 0. The second-order valence-corrected chi connectivity index (χ2v) is 0.885. The van der Waals surface area contributed by atoms with Gasteiger partial charge < -0.3 is 9.41 Å². The Hall–Kier alpha value is -0.0813. The monoisotopic (exact) mass is 222 g/mol. The standard InChI is InChI=1S/C5H4.2FH.Sn/c1-2-4-5-3-1;;;/h1-4H;2*1H;/q;;;+2/p-2. The Bertz CT molecular complexity index is 102. The molecule has 0 spiro atoms. The molecule has 0 nitrogen and oxygen atoms in total. The average molecular weight is 221 g/mol. The Morgan fingerprint density at radius 3 is 1.38 bits per heavy atom. The van der Waals surface area contributed by atoms with Gasteiger partial charge in [-0.2, -0.15) is 0 Å². The Balaban J connectivity index is -0.0000000833. The molecule has 0 amide bonds. The van der Waals surface area contributed by atoms with Gasteiger partial charge in [-0.1, -0.05) is 12.2 Å². The summed E-state index contributed by atoms with van der Waals surface area (Å²) >= 11 is 0. The van der Waals surface area contributed by atoms with Crippen molar-refractivity contribution >= 4 is 23.9 Å². The molecular formula is C5H4F2Sn. The first-order valence-electron chi connectivity index (χ1n) is 1.58.